The van der Waals surface area contributed by atoms with Gasteiger partial charge in [0, 0.05) is 45.3 Å². The predicted octanol–water partition coefficient (Wildman–Crippen LogP) is 2.49. The van der Waals surface area contributed by atoms with Crippen molar-refractivity contribution < 1.29 is 4.79 Å². The van der Waals surface area contributed by atoms with Crippen LogP contribution >= 0.6 is 0 Å². The molecule has 7 heteroatoms. The Bertz CT molecular complexity index is 618. The zero-order valence-corrected chi connectivity index (χ0v) is 16.6. The van der Waals surface area contributed by atoms with Gasteiger partial charge in [0.15, 0.2) is 0 Å². The molecule has 150 valence electrons. The smallest absolute Gasteiger partial charge is 0.322 e. The van der Waals surface area contributed by atoms with Crippen LogP contribution in [0.4, 0.5) is 10.6 Å². The Hall–Kier alpha value is -1.60. The number of nitrogens with zero attached hydrogens (tertiary/aromatic N) is 5. The lowest BCUT2D eigenvalue weighted by Crippen LogP contribution is -2.52. The highest BCUT2D eigenvalue weighted by Crippen LogP contribution is 2.31. The number of piperazine rings is 1. The van der Waals surface area contributed by atoms with Crippen molar-refractivity contribution in [3.05, 3.63) is 12.3 Å². The first-order chi connectivity index (χ1) is 13.2. The van der Waals surface area contributed by atoms with E-state index in [0.29, 0.717) is 6.04 Å². The highest BCUT2D eigenvalue weighted by molar-refractivity contribution is 5.88. The average Bonchev–Trinajstić information content (AvgIpc) is 3.33. The largest absolute Gasteiger partial charge is 0.323 e. The van der Waals surface area contributed by atoms with Crippen LogP contribution in [-0.4, -0.2) is 83.4 Å². The third-order valence-corrected chi connectivity index (χ3v) is 6.47. The van der Waals surface area contributed by atoms with Gasteiger partial charge in [-0.3, -0.25) is 10.2 Å². The molecule has 3 fully saturated rings. The van der Waals surface area contributed by atoms with E-state index in [2.05, 4.69) is 27.3 Å². The second-order valence-corrected chi connectivity index (χ2v) is 8.59. The summed E-state index contributed by atoms with van der Waals surface area (Å²) in [7, 11) is 2.23. The molecule has 0 aromatic carbocycles. The first-order valence-corrected chi connectivity index (χ1v) is 10.7. The van der Waals surface area contributed by atoms with E-state index in [0.717, 1.165) is 37.9 Å². The average molecular weight is 375 g/mol. The van der Waals surface area contributed by atoms with Gasteiger partial charge in [-0.05, 0) is 45.2 Å². The number of hydrogen-bond donors (Lipinski definition) is 1. The standard InChI is InChI=1S/C20H34N6O/c1-23-10-4-5-17(15-23)16-24-11-13-25(14-12-24)20(27)22-19-8-9-21-26(19)18-6-2-3-7-18/h8-9,17-18H,2-7,10-16H2,1H3,(H,22,27)/t17-/m0/s1. The van der Waals surface area contributed by atoms with Crippen LogP contribution in [0.3, 0.4) is 0 Å². The highest BCUT2D eigenvalue weighted by Gasteiger charge is 2.26. The van der Waals surface area contributed by atoms with Crippen LogP contribution < -0.4 is 5.32 Å². The molecule has 0 radical (unpaired) electrons. The maximum absolute atomic E-state index is 12.7. The molecule has 1 atom stereocenters. The molecule has 1 aromatic rings. The number of hydrogen-bond acceptors (Lipinski definition) is 4. The molecular formula is C20H34N6O. The number of nitrogens with one attached hydrogen (secondary N) is 1. The molecule has 3 heterocycles. The van der Waals surface area contributed by atoms with Gasteiger partial charge in [0.25, 0.3) is 0 Å². The summed E-state index contributed by atoms with van der Waals surface area (Å²) >= 11 is 0. The lowest BCUT2D eigenvalue weighted by atomic mass is 9.97. The molecule has 0 spiro atoms. The number of anilines is 1. The first kappa shape index (κ1) is 18.7. The van der Waals surface area contributed by atoms with Crippen LogP contribution in [0.1, 0.15) is 44.6 Å². The molecule has 3 aliphatic rings. The normalized spacial score (nSPS) is 25.8. The van der Waals surface area contributed by atoms with E-state index in [1.807, 2.05) is 15.6 Å². The zero-order chi connectivity index (χ0) is 18.6. The molecule has 1 N–H and O–H groups in total. The van der Waals surface area contributed by atoms with Gasteiger partial charge in [0.2, 0.25) is 0 Å². The van der Waals surface area contributed by atoms with Crippen molar-refractivity contribution in [2.75, 3.05) is 58.2 Å². The number of aromatic nitrogens is 2. The summed E-state index contributed by atoms with van der Waals surface area (Å²) in [6.07, 6.45) is 9.31. The van der Waals surface area contributed by atoms with Crippen molar-refractivity contribution >= 4 is 11.8 Å². The van der Waals surface area contributed by atoms with Crippen LogP contribution in [0.25, 0.3) is 0 Å². The van der Waals surface area contributed by atoms with Gasteiger partial charge < -0.3 is 9.80 Å². The van der Waals surface area contributed by atoms with Crippen LogP contribution in [0.2, 0.25) is 0 Å². The fraction of sp³-hybridized carbons (Fsp3) is 0.800. The van der Waals surface area contributed by atoms with E-state index in [1.165, 1.54) is 58.2 Å². The van der Waals surface area contributed by atoms with Gasteiger partial charge in [-0.1, -0.05) is 12.8 Å². The summed E-state index contributed by atoms with van der Waals surface area (Å²) in [5.41, 5.74) is 0. The minimum atomic E-state index is 0.0202. The van der Waals surface area contributed by atoms with Crippen LogP contribution in [0, 0.1) is 5.92 Å². The Kier molecular flexibility index (Phi) is 5.98. The predicted molar refractivity (Wildman–Crippen MR) is 107 cm³/mol. The fourth-order valence-electron chi connectivity index (χ4n) is 4.96. The fourth-order valence-corrected chi connectivity index (χ4v) is 4.96. The Morgan fingerprint density at radius 3 is 2.63 bits per heavy atom. The lowest BCUT2D eigenvalue weighted by Gasteiger charge is -2.38. The van der Waals surface area contributed by atoms with Gasteiger partial charge in [-0.25, -0.2) is 9.48 Å². The van der Waals surface area contributed by atoms with E-state index < -0.39 is 0 Å². The van der Waals surface area contributed by atoms with Crippen molar-refractivity contribution in [1.82, 2.24) is 24.5 Å². The Morgan fingerprint density at radius 1 is 1.11 bits per heavy atom. The monoisotopic (exact) mass is 374 g/mol. The molecule has 0 bridgehead atoms. The van der Waals surface area contributed by atoms with E-state index in [1.54, 1.807) is 6.20 Å². The van der Waals surface area contributed by atoms with Crippen LogP contribution in [-0.2, 0) is 0 Å². The molecule has 2 amide bonds. The number of carbonyl (C=O) groups excluding carboxylic acids is 1. The minimum Gasteiger partial charge on any atom is -0.322 e. The topological polar surface area (TPSA) is 56.6 Å². The van der Waals surface area contributed by atoms with Gasteiger partial charge in [0.05, 0.1) is 12.2 Å². The summed E-state index contributed by atoms with van der Waals surface area (Å²) < 4.78 is 2.01. The molecule has 1 saturated carbocycles. The molecule has 1 aliphatic carbocycles. The SMILES string of the molecule is CN1CCC[C@H](CN2CCN(C(=O)Nc3ccnn3C3CCCC3)CC2)C1. The van der Waals surface area contributed by atoms with Crippen LogP contribution in [0.5, 0.6) is 0 Å². The third kappa shape index (κ3) is 4.63. The molecule has 4 rings (SSSR count). The third-order valence-electron chi connectivity index (χ3n) is 6.47. The van der Waals surface area contributed by atoms with Gasteiger partial charge >= 0.3 is 6.03 Å². The molecular weight excluding hydrogens is 340 g/mol. The quantitative estimate of drug-likeness (QED) is 0.880. The molecule has 1 aromatic heterocycles. The first-order valence-electron chi connectivity index (χ1n) is 10.7. The van der Waals surface area contributed by atoms with Crippen molar-refractivity contribution in [3.63, 3.8) is 0 Å². The molecule has 27 heavy (non-hydrogen) atoms. The number of likely N-dealkylation sites (tertiary alicyclic amines) is 1. The molecule has 2 aliphatic heterocycles. The summed E-state index contributed by atoms with van der Waals surface area (Å²) in [4.78, 5) is 19.7. The number of urea groups is 1. The lowest BCUT2D eigenvalue weighted by molar-refractivity contribution is 0.109. The zero-order valence-electron chi connectivity index (χ0n) is 16.6. The number of carbonyl (C=O) groups is 1. The molecule has 2 saturated heterocycles. The van der Waals surface area contributed by atoms with Crippen molar-refractivity contribution in [1.29, 1.82) is 0 Å². The highest BCUT2D eigenvalue weighted by atomic mass is 16.2. The number of rotatable bonds is 4. The van der Waals surface area contributed by atoms with Gasteiger partial charge in [-0.15, -0.1) is 0 Å². The second-order valence-electron chi connectivity index (χ2n) is 8.59. The van der Waals surface area contributed by atoms with E-state index in [4.69, 9.17) is 0 Å². The summed E-state index contributed by atoms with van der Waals surface area (Å²) in [5, 5.41) is 7.55. The molecule has 0 unspecified atom stereocenters. The van der Waals surface area contributed by atoms with E-state index in [-0.39, 0.29) is 6.03 Å². The van der Waals surface area contributed by atoms with Crippen LogP contribution in [0.15, 0.2) is 12.3 Å². The Morgan fingerprint density at radius 2 is 1.89 bits per heavy atom. The minimum absolute atomic E-state index is 0.0202. The summed E-state index contributed by atoms with van der Waals surface area (Å²) in [6, 6.07) is 2.39. The van der Waals surface area contributed by atoms with Crippen molar-refractivity contribution in [2.45, 2.75) is 44.6 Å². The van der Waals surface area contributed by atoms with Crippen molar-refractivity contribution in [3.8, 4) is 0 Å². The van der Waals surface area contributed by atoms with E-state index in [9.17, 15) is 4.79 Å². The van der Waals surface area contributed by atoms with Crippen molar-refractivity contribution in [2.24, 2.45) is 5.92 Å². The van der Waals surface area contributed by atoms with Gasteiger partial charge in [0.1, 0.15) is 5.82 Å². The van der Waals surface area contributed by atoms with E-state index >= 15 is 0 Å². The Labute approximate surface area is 162 Å². The Balaban J connectivity index is 1.25. The maximum atomic E-state index is 12.7. The molecule has 7 nitrogen and oxygen atoms in total. The second kappa shape index (κ2) is 8.61. The number of amides is 2. The van der Waals surface area contributed by atoms with Gasteiger partial charge in [-0.2, -0.15) is 5.10 Å². The summed E-state index contributed by atoms with van der Waals surface area (Å²) in [6.45, 7) is 7.21. The summed E-state index contributed by atoms with van der Waals surface area (Å²) in [5.74, 6) is 1.63. The maximum Gasteiger partial charge on any atom is 0.323 e. The number of piperidine rings is 1.